The predicted octanol–water partition coefficient (Wildman–Crippen LogP) is 3.09. The third kappa shape index (κ3) is 1.38. The summed E-state index contributed by atoms with van der Waals surface area (Å²) < 4.78 is 0. The molecule has 0 unspecified atom stereocenters. The number of carbonyl (C=O) groups excluding carboxylic acids is 1. The van der Waals surface area contributed by atoms with E-state index in [9.17, 15) is 4.79 Å². The molecule has 0 saturated heterocycles. The zero-order valence-corrected chi connectivity index (χ0v) is 8.38. The van der Waals surface area contributed by atoms with Gasteiger partial charge < -0.3 is 0 Å². The molecular weight excluding hydrogens is 198 g/mol. The molecule has 1 heterocycles. The first-order valence-corrected chi connectivity index (χ1v) is 4.62. The molecule has 0 aliphatic carbocycles. The fourth-order valence-electron chi connectivity index (χ4n) is 1.47. The van der Waals surface area contributed by atoms with Gasteiger partial charge in [0.1, 0.15) is 5.15 Å². The van der Waals surface area contributed by atoms with Crippen LogP contribution in [0, 0.1) is 0 Å². The summed E-state index contributed by atoms with van der Waals surface area (Å²) >= 11 is 5.87. The maximum Gasteiger partial charge on any atom is 0.163 e. The number of benzene rings is 1. The van der Waals surface area contributed by atoms with Gasteiger partial charge in [0, 0.05) is 11.6 Å². The quantitative estimate of drug-likeness (QED) is 0.529. The topological polar surface area (TPSA) is 30.0 Å². The fraction of sp³-hybridized carbons (Fsp3) is 0.0909. The van der Waals surface area contributed by atoms with Crippen molar-refractivity contribution in [1.29, 1.82) is 0 Å². The molecule has 0 atom stereocenters. The molecule has 0 N–H and O–H groups in total. The second kappa shape index (κ2) is 3.39. The lowest BCUT2D eigenvalue weighted by atomic mass is 10.1. The minimum Gasteiger partial charge on any atom is -0.294 e. The first-order valence-electron chi connectivity index (χ1n) is 4.24. The Morgan fingerprint density at radius 1 is 1.36 bits per heavy atom. The van der Waals surface area contributed by atoms with Crippen molar-refractivity contribution >= 4 is 28.2 Å². The van der Waals surface area contributed by atoms with Crippen LogP contribution in [0.5, 0.6) is 0 Å². The van der Waals surface area contributed by atoms with E-state index in [4.69, 9.17) is 11.6 Å². The van der Waals surface area contributed by atoms with Crippen molar-refractivity contribution in [3.05, 3.63) is 41.2 Å². The van der Waals surface area contributed by atoms with E-state index in [1.807, 2.05) is 24.3 Å². The molecule has 14 heavy (non-hydrogen) atoms. The van der Waals surface area contributed by atoms with Gasteiger partial charge in [0.05, 0.1) is 5.56 Å². The van der Waals surface area contributed by atoms with Crippen LogP contribution in [0.4, 0.5) is 0 Å². The lowest BCUT2D eigenvalue weighted by Gasteiger charge is -2.03. The Bertz CT molecular complexity index is 508. The van der Waals surface area contributed by atoms with Gasteiger partial charge in [0.2, 0.25) is 0 Å². The number of nitrogens with zero attached hydrogens (tertiary/aromatic N) is 1. The van der Waals surface area contributed by atoms with Gasteiger partial charge in [0.25, 0.3) is 0 Å². The molecule has 0 saturated carbocycles. The number of Topliss-reactive ketones (excluding diaryl/α,β-unsaturated/α-hetero) is 1. The van der Waals surface area contributed by atoms with Crippen LogP contribution in [0.1, 0.15) is 17.3 Å². The van der Waals surface area contributed by atoms with Crippen LogP contribution in [0.25, 0.3) is 10.8 Å². The predicted molar refractivity (Wildman–Crippen MR) is 56.8 cm³/mol. The fourth-order valence-corrected chi connectivity index (χ4v) is 1.76. The number of ketones is 1. The number of fused-ring (bicyclic) bond motifs is 1. The number of aromatic nitrogens is 1. The highest BCUT2D eigenvalue weighted by atomic mass is 35.5. The van der Waals surface area contributed by atoms with Crippen molar-refractivity contribution in [3.63, 3.8) is 0 Å². The van der Waals surface area contributed by atoms with Crippen LogP contribution in [0.2, 0.25) is 5.15 Å². The van der Waals surface area contributed by atoms with Gasteiger partial charge in [-0.05, 0) is 12.3 Å². The monoisotopic (exact) mass is 205 g/mol. The summed E-state index contributed by atoms with van der Waals surface area (Å²) in [5.74, 6) is -0.0562. The molecule has 0 aliphatic heterocycles. The summed E-state index contributed by atoms with van der Waals surface area (Å²) in [5.41, 5.74) is 0.504. The van der Waals surface area contributed by atoms with E-state index in [0.717, 1.165) is 10.8 Å². The van der Waals surface area contributed by atoms with Crippen molar-refractivity contribution < 1.29 is 4.79 Å². The summed E-state index contributed by atoms with van der Waals surface area (Å²) in [6.07, 6.45) is 1.67. The third-order valence-electron chi connectivity index (χ3n) is 2.11. The van der Waals surface area contributed by atoms with Crippen LogP contribution in [0.3, 0.4) is 0 Å². The largest absolute Gasteiger partial charge is 0.294 e. The number of carbonyl (C=O) groups is 1. The molecule has 2 rings (SSSR count). The summed E-state index contributed by atoms with van der Waals surface area (Å²) in [6, 6.07) is 7.57. The lowest BCUT2D eigenvalue weighted by molar-refractivity contribution is 0.101. The molecule has 3 heteroatoms. The van der Waals surface area contributed by atoms with Gasteiger partial charge in [-0.25, -0.2) is 4.98 Å². The van der Waals surface area contributed by atoms with Gasteiger partial charge in [-0.2, -0.15) is 0 Å². The molecule has 1 aromatic carbocycles. The van der Waals surface area contributed by atoms with E-state index in [1.165, 1.54) is 6.92 Å². The number of hydrogen-bond acceptors (Lipinski definition) is 2. The average Bonchev–Trinajstić information content (AvgIpc) is 2.17. The Morgan fingerprint density at radius 2 is 2.07 bits per heavy atom. The third-order valence-corrected chi connectivity index (χ3v) is 2.39. The zero-order chi connectivity index (χ0) is 10.1. The van der Waals surface area contributed by atoms with Gasteiger partial charge in [-0.3, -0.25) is 4.79 Å². The Balaban J connectivity index is 2.90. The van der Waals surface area contributed by atoms with Crippen molar-refractivity contribution in [2.24, 2.45) is 0 Å². The molecule has 2 nitrogen and oxygen atoms in total. The average molecular weight is 206 g/mol. The SMILES string of the molecule is CC(=O)c1c(Cl)ncc2ccccc12. The Hall–Kier alpha value is -1.41. The van der Waals surface area contributed by atoms with E-state index in [2.05, 4.69) is 4.98 Å². The van der Waals surface area contributed by atoms with Gasteiger partial charge >= 0.3 is 0 Å². The van der Waals surface area contributed by atoms with Gasteiger partial charge in [-0.15, -0.1) is 0 Å². The maximum absolute atomic E-state index is 11.4. The van der Waals surface area contributed by atoms with Crippen LogP contribution < -0.4 is 0 Å². The van der Waals surface area contributed by atoms with E-state index >= 15 is 0 Å². The van der Waals surface area contributed by atoms with Crippen molar-refractivity contribution in [1.82, 2.24) is 4.98 Å². The molecular formula is C11H8ClNO. The molecule has 1 aromatic heterocycles. The summed E-state index contributed by atoms with van der Waals surface area (Å²) in [4.78, 5) is 15.3. The van der Waals surface area contributed by atoms with Gasteiger partial charge in [-0.1, -0.05) is 35.9 Å². The van der Waals surface area contributed by atoms with E-state index < -0.39 is 0 Å². The van der Waals surface area contributed by atoms with Crippen LogP contribution >= 0.6 is 11.6 Å². The summed E-state index contributed by atoms with van der Waals surface area (Å²) in [7, 11) is 0. The molecule has 0 spiro atoms. The van der Waals surface area contributed by atoms with E-state index in [1.54, 1.807) is 6.20 Å². The number of rotatable bonds is 1. The number of halogens is 1. The molecule has 0 amide bonds. The molecule has 0 bridgehead atoms. The van der Waals surface area contributed by atoms with Crippen LogP contribution in [-0.4, -0.2) is 10.8 Å². The zero-order valence-electron chi connectivity index (χ0n) is 7.62. The number of pyridine rings is 1. The smallest absolute Gasteiger partial charge is 0.163 e. The lowest BCUT2D eigenvalue weighted by Crippen LogP contribution is -1.96. The molecule has 2 aromatic rings. The summed E-state index contributed by atoms with van der Waals surface area (Å²) in [5, 5.41) is 2.07. The van der Waals surface area contributed by atoms with Crippen molar-refractivity contribution in [2.45, 2.75) is 6.92 Å². The second-order valence-electron chi connectivity index (χ2n) is 3.07. The Morgan fingerprint density at radius 3 is 2.79 bits per heavy atom. The standard InChI is InChI=1S/C11H8ClNO/c1-7(14)10-9-5-3-2-4-8(9)6-13-11(10)12/h2-6H,1H3. The summed E-state index contributed by atoms with van der Waals surface area (Å²) in [6.45, 7) is 1.50. The van der Waals surface area contributed by atoms with E-state index in [0.29, 0.717) is 5.56 Å². The second-order valence-corrected chi connectivity index (χ2v) is 3.43. The normalized spacial score (nSPS) is 10.4. The minimum absolute atomic E-state index is 0.0562. The highest BCUT2D eigenvalue weighted by Gasteiger charge is 2.10. The highest BCUT2D eigenvalue weighted by molar-refractivity contribution is 6.34. The van der Waals surface area contributed by atoms with Crippen molar-refractivity contribution in [2.75, 3.05) is 0 Å². The highest BCUT2D eigenvalue weighted by Crippen LogP contribution is 2.23. The first-order chi connectivity index (χ1) is 6.70. The van der Waals surface area contributed by atoms with Crippen LogP contribution in [0.15, 0.2) is 30.5 Å². The molecule has 0 fully saturated rings. The Kier molecular flexibility index (Phi) is 2.22. The maximum atomic E-state index is 11.4. The van der Waals surface area contributed by atoms with Crippen molar-refractivity contribution in [3.8, 4) is 0 Å². The minimum atomic E-state index is -0.0562. The Labute approximate surface area is 86.5 Å². The molecule has 0 radical (unpaired) electrons. The molecule has 70 valence electrons. The van der Waals surface area contributed by atoms with Gasteiger partial charge in [0.15, 0.2) is 5.78 Å². The van der Waals surface area contributed by atoms with E-state index in [-0.39, 0.29) is 10.9 Å². The molecule has 0 aliphatic rings. The first kappa shape index (κ1) is 9.16. The van der Waals surface area contributed by atoms with Crippen LogP contribution in [-0.2, 0) is 0 Å². The number of hydrogen-bond donors (Lipinski definition) is 0.